The van der Waals surface area contributed by atoms with Gasteiger partial charge in [-0.25, -0.2) is 0 Å². The van der Waals surface area contributed by atoms with Crippen LogP contribution in [0, 0.1) is 0 Å². The highest BCUT2D eigenvalue weighted by molar-refractivity contribution is 5.90. The number of carbonyl (C=O) groups is 1. The molecule has 2 aliphatic heterocycles. The highest BCUT2D eigenvalue weighted by Crippen LogP contribution is 2.64. The number of nitrogens with zero attached hydrogens (tertiary/aromatic N) is 1. The van der Waals surface area contributed by atoms with Crippen molar-refractivity contribution in [3.63, 3.8) is 0 Å². The topological polar surface area (TPSA) is 70.0 Å². The van der Waals surface area contributed by atoms with Crippen molar-refractivity contribution in [2.45, 2.75) is 48.8 Å². The van der Waals surface area contributed by atoms with Crippen molar-refractivity contribution in [3.8, 4) is 11.5 Å². The van der Waals surface area contributed by atoms with Crippen LogP contribution in [0.5, 0.6) is 11.5 Å². The van der Waals surface area contributed by atoms with Crippen LogP contribution in [-0.2, 0) is 16.6 Å². The minimum Gasteiger partial charge on any atom is -0.504 e. The van der Waals surface area contributed by atoms with Crippen molar-refractivity contribution in [1.29, 1.82) is 0 Å². The smallest absolute Gasteiger partial charge is 0.174 e. The molecule has 2 fully saturated rings. The zero-order chi connectivity index (χ0) is 20.9. The Morgan fingerprint density at radius 1 is 1.58 bits per heavy atom. The van der Waals surface area contributed by atoms with E-state index < -0.39 is 42.2 Å². The van der Waals surface area contributed by atoms with E-state index in [1.807, 2.05) is 0 Å². The van der Waals surface area contributed by atoms with E-state index in [4.69, 9.17) is 11.6 Å². The van der Waals surface area contributed by atoms with E-state index >= 15 is 0 Å². The van der Waals surface area contributed by atoms with Gasteiger partial charge < -0.3 is 14.9 Å². The summed E-state index contributed by atoms with van der Waals surface area (Å²) in [7, 11) is 0. The van der Waals surface area contributed by atoms with Gasteiger partial charge in [-0.05, 0) is 30.9 Å². The average Bonchev–Trinajstić information content (AvgIpc) is 3.01. The number of Topliss-reactive ketones (excluding diaryl/α,β-unsaturated/α-hetero) is 1. The lowest BCUT2D eigenvalue weighted by Gasteiger charge is -2.62. The summed E-state index contributed by atoms with van der Waals surface area (Å²) in [6.45, 7) is -3.20. The van der Waals surface area contributed by atoms with E-state index in [-0.39, 0.29) is 49.5 Å². The van der Waals surface area contributed by atoms with E-state index in [9.17, 15) is 15.0 Å². The second-order valence-electron chi connectivity index (χ2n) is 7.21. The molecule has 5 heteroatoms. The van der Waals surface area contributed by atoms with Crippen molar-refractivity contribution in [2.24, 2.45) is 0 Å². The Hall–Kier alpha value is -1.85. The van der Waals surface area contributed by atoms with E-state index in [0.717, 1.165) is 5.56 Å². The van der Waals surface area contributed by atoms with Gasteiger partial charge in [0.2, 0.25) is 0 Å². The van der Waals surface area contributed by atoms with Crippen LogP contribution in [0.2, 0.25) is 0 Å². The van der Waals surface area contributed by atoms with Crippen LogP contribution in [0.4, 0.5) is 0 Å². The quantitative estimate of drug-likeness (QED) is 0.799. The summed E-state index contributed by atoms with van der Waals surface area (Å²) in [5, 5.41) is 22.3. The number of likely N-dealkylation sites (tertiary alicyclic amines) is 1. The van der Waals surface area contributed by atoms with Crippen LogP contribution in [0.25, 0.3) is 0 Å². The molecule has 1 aromatic rings. The Labute approximate surface area is 147 Å². The standard InChI is InChI=1S/C19H21NO4/c1-2-8-20-9-7-18-15-11-3-4-12(21)16(15)24-17(18)13(22)5-6-19(18,23)14(20)10-11/h2-4,14,17,21,23H,1,5-10H2/i1D2,2D,8D2. The maximum atomic E-state index is 12.8. The molecule has 4 aliphatic rings. The maximum Gasteiger partial charge on any atom is 0.174 e. The molecule has 5 nitrogen and oxygen atoms in total. The third kappa shape index (κ3) is 1.38. The van der Waals surface area contributed by atoms with E-state index in [1.165, 1.54) is 11.0 Å². The fourth-order valence-corrected chi connectivity index (χ4v) is 5.53. The lowest BCUT2D eigenvalue weighted by atomic mass is 9.49. The Morgan fingerprint density at radius 2 is 2.46 bits per heavy atom. The average molecular weight is 332 g/mol. The number of phenolic OH excluding ortho intramolecular Hbond substituents is 1. The summed E-state index contributed by atoms with van der Waals surface area (Å²) < 4.78 is 45.6. The lowest BCUT2D eigenvalue weighted by molar-refractivity contribution is -0.187. The van der Waals surface area contributed by atoms with Crippen molar-refractivity contribution in [1.82, 2.24) is 4.90 Å². The number of ether oxygens (including phenoxy) is 1. The number of piperidine rings is 1. The van der Waals surface area contributed by atoms with Gasteiger partial charge in [-0.1, -0.05) is 12.1 Å². The molecule has 5 rings (SSSR count). The number of aliphatic hydroxyl groups is 1. The lowest BCUT2D eigenvalue weighted by Crippen LogP contribution is -2.76. The molecule has 2 aliphatic carbocycles. The predicted octanol–water partition coefficient (Wildman–Crippen LogP) is 1.30. The van der Waals surface area contributed by atoms with Gasteiger partial charge in [0.25, 0.3) is 0 Å². The van der Waals surface area contributed by atoms with Crippen LogP contribution in [0.15, 0.2) is 24.7 Å². The monoisotopic (exact) mass is 332 g/mol. The fraction of sp³-hybridized carbons (Fsp3) is 0.526. The maximum absolute atomic E-state index is 12.8. The number of ketones is 1. The Kier molecular flexibility index (Phi) is 1.87. The third-order valence-corrected chi connectivity index (χ3v) is 6.46. The van der Waals surface area contributed by atoms with Crippen molar-refractivity contribution in [2.75, 3.05) is 13.0 Å². The Bertz CT molecular complexity index is 978. The zero-order valence-corrected chi connectivity index (χ0v) is 13.0. The highest BCUT2D eigenvalue weighted by Gasteiger charge is 2.72. The molecule has 24 heavy (non-hydrogen) atoms. The SMILES string of the molecule is [2H]C([2H])=C([2H])C([2H])([2H])N1CCC23c4c5ccc(O)c4OC2C(=O)CCC3(O)C1C5. The summed E-state index contributed by atoms with van der Waals surface area (Å²) in [6, 6.07) is 1.67. The summed E-state index contributed by atoms with van der Waals surface area (Å²) in [4.78, 5) is 14.1. The summed E-state index contributed by atoms with van der Waals surface area (Å²) in [5.74, 6) is 0.00842. The number of hydrogen-bond acceptors (Lipinski definition) is 5. The first kappa shape index (κ1) is 10.2. The molecule has 1 saturated carbocycles. The second kappa shape index (κ2) is 4.41. The summed E-state index contributed by atoms with van der Waals surface area (Å²) in [5.41, 5.74) is -1.14. The number of rotatable bonds is 2. The number of carbonyl (C=O) groups excluding carboxylic acids is 1. The molecule has 2 N–H and O–H groups in total. The molecule has 4 unspecified atom stereocenters. The molecule has 0 amide bonds. The van der Waals surface area contributed by atoms with Crippen LogP contribution < -0.4 is 4.74 Å². The second-order valence-corrected chi connectivity index (χ2v) is 7.21. The zero-order valence-electron chi connectivity index (χ0n) is 18.0. The van der Waals surface area contributed by atoms with Gasteiger partial charge in [0.15, 0.2) is 23.4 Å². The first-order valence-electron chi connectivity index (χ1n) is 10.7. The first-order valence-corrected chi connectivity index (χ1v) is 8.24. The minimum atomic E-state index is -2.41. The van der Waals surface area contributed by atoms with Gasteiger partial charge in [0, 0.05) is 33.8 Å². The summed E-state index contributed by atoms with van der Waals surface area (Å²) >= 11 is 0. The molecule has 0 radical (unpaired) electrons. The molecule has 1 saturated heterocycles. The Balaban J connectivity index is 1.74. The third-order valence-electron chi connectivity index (χ3n) is 6.46. The molecular weight excluding hydrogens is 306 g/mol. The van der Waals surface area contributed by atoms with Gasteiger partial charge in [-0.2, -0.15) is 0 Å². The number of hydrogen-bond donors (Lipinski definition) is 2. The molecular formula is C19H21NO4. The first-order chi connectivity index (χ1) is 13.6. The van der Waals surface area contributed by atoms with Crippen LogP contribution in [-0.4, -0.2) is 51.7 Å². The van der Waals surface area contributed by atoms with Crippen LogP contribution in [0.1, 0.15) is 37.2 Å². The van der Waals surface area contributed by atoms with Gasteiger partial charge in [0.05, 0.1) is 15.1 Å². The van der Waals surface area contributed by atoms with Gasteiger partial charge in [0.1, 0.15) is 0 Å². The molecule has 4 atom stereocenters. The number of benzene rings is 1. The van der Waals surface area contributed by atoms with Gasteiger partial charge >= 0.3 is 0 Å². The van der Waals surface area contributed by atoms with Crippen LogP contribution in [0.3, 0.4) is 0 Å². The minimum absolute atomic E-state index is 0.0754. The molecule has 0 aromatic heterocycles. The summed E-state index contributed by atoms with van der Waals surface area (Å²) in [6.07, 6.45) is -0.274. The predicted molar refractivity (Wildman–Crippen MR) is 87.3 cm³/mol. The highest BCUT2D eigenvalue weighted by atomic mass is 16.5. The molecule has 2 bridgehead atoms. The Morgan fingerprint density at radius 3 is 3.29 bits per heavy atom. The molecule has 126 valence electrons. The fourth-order valence-electron chi connectivity index (χ4n) is 5.53. The largest absolute Gasteiger partial charge is 0.504 e. The van der Waals surface area contributed by atoms with E-state index in [1.54, 1.807) is 6.07 Å². The van der Waals surface area contributed by atoms with Crippen LogP contribution >= 0.6 is 0 Å². The van der Waals surface area contributed by atoms with E-state index in [2.05, 4.69) is 0 Å². The number of phenols is 1. The van der Waals surface area contributed by atoms with Gasteiger partial charge in [-0.15, -0.1) is 6.53 Å². The van der Waals surface area contributed by atoms with E-state index in [0.29, 0.717) is 5.56 Å². The van der Waals surface area contributed by atoms with Gasteiger partial charge in [-0.3, -0.25) is 9.69 Å². The molecule has 1 spiro atoms. The molecule has 2 heterocycles. The van der Waals surface area contributed by atoms with Crippen molar-refractivity contribution >= 4 is 5.78 Å². The number of aromatic hydroxyl groups is 1. The van der Waals surface area contributed by atoms with Crippen molar-refractivity contribution in [3.05, 3.63) is 35.8 Å². The van der Waals surface area contributed by atoms with Crippen molar-refractivity contribution < 1.29 is 26.6 Å². The normalized spacial score (nSPS) is 42.7. The molecule has 1 aromatic carbocycles.